The smallest absolute Gasteiger partial charge is 0.0406 e. The molecular weight excluding hydrogens is 254 g/mol. The van der Waals surface area contributed by atoms with Crippen molar-refractivity contribution in [3.05, 3.63) is 70.2 Å². The van der Waals surface area contributed by atoms with Gasteiger partial charge in [0.05, 0.1) is 0 Å². The highest BCUT2D eigenvalue weighted by Gasteiger charge is 2.12. The number of aryl methyl sites for hydroxylation is 1. The van der Waals surface area contributed by atoms with Gasteiger partial charge in [0.25, 0.3) is 0 Å². The van der Waals surface area contributed by atoms with E-state index in [0.717, 1.165) is 5.02 Å². The van der Waals surface area contributed by atoms with E-state index < -0.39 is 0 Å². The Bertz CT molecular complexity index is 533. The Morgan fingerprint density at radius 1 is 0.895 bits per heavy atom. The van der Waals surface area contributed by atoms with Crippen molar-refractivity contribution in [3.8, 4) is 0 Å². The Morgan fingerprint density at radius 3 is 2.16 bits per heavy atom. The molecule has 1 nitrogen and oxygen atoms in total. The average Bonchev–Trinajstić information content (AvgIpc) is 2.39. The summed E-state index contributed by atoms with van der Waals surface area (Å²) in [5, 5.41) is 4.41. The standard InChI is InChI=1S/C17H20ClN/c1-12-6-4-5-7-17(12)14(3)19-13(2)15-8-10-16(18)11-9-15/h4-11,13-14,19H,1-3H3/t13-,14?/m0/s1. The maximum absolute atomic E-state index is 5.92. The summed E-state index contributed by atoms with van der Waals surface area (Å²) >= 11 is 5.92. The van der Waals surface area contributed by atoms with Crippen molar-refractivity contribution in [1.82, 2.24) is 5.32 Å². The second kappa shape index (κ2) is 6.23. The summed E-state index contributed by atoms with van der Waals surface area (Å²) in [4.78, 5) is 0. The van der Waals surface area contributed by atoms with Crippen LogP contribution in [0.5, 0.6) is 0 Å². The van der Waals surface area contributed by atoms with Crippen LogP contribution in [0.4, 0.5) is 0 Å². The largest absolute Gasteiger partial charge is 0.304 e. The van der Waals surface area contributed by atoms with Gasteiger partial charge in [0.1, 0.15) is 0 Å². The zero-order chi connectivity index (χ0) is 13.8. The lowest BCUT2D eigenvalue weighted by Gasteiger charge is -2.22. The number of benzene rings is 2. The lowest BCUT2D eigenvalue weighted by molar-refractivity contribution is 0.493. The molecule has 0 saturated heterocycles. The minimum absolute atomic E-state index is 0.298. The van der Waals surface area contributed by atoms with Gasteiger partial charge in [0, 0.05) is 17.1 Å². The zero-order valence-electron chi connectivity index (χ0n) is 11.7. The molecule has 0 fully saturated rings. The summed E-state index contributed by atoms with van der Waals surface area (Å²) < 4.78 is 0. The Labute approximate surface area is 120 Å². The van der Waals surface area contributed by atoms with E-state index in [4.69, 9.17) is 11.6 Å². The molecule has 0 aliphatic rings. The van der Waals surface area contributed by atoms with E-state index in [9.17, 15) is 0 Å². The van der Waals surface area contributed by atoms with Crippen molar-refractivity contribution >= 4 is 11.6 Å². The van der Waals surface area contributed by atoms with Crippen LogP contribution in [-0.4, -0.2) is 0 Å². The monoisotopic (exact) mass is 273 g/mol. The minimum atomic E-state index is 0.298. The number of hydrogen-bond acceptors (Lipinski definition) is 1. The fraction of sp³-hybridized carbons (Fsp3) is 0.294. The molecule has 1 N–H and O–H groups in total. The van der Waals surface area contributed by atoms with Gasteiger partial charge < -0.3 is 5.32 Å². The molecule has 0 saturated carbocycles. The Morgan fingerprint density at radius 2 is 1.53 bits per heavy atom. The van der Waals surface area contributed by atoms with Crippen LogP contribution in [0.1, 0.15) is 42.6 Å². The Hall–Kier alpha value is -1.31. The maximum atomic E-state index is 5.92. The van der Waals surface area contributed by atoms with Crippen LogP contribution in [0.3, 0.4) is 0 Å². The van der Waals surface area contributed by atoms with Gasteiger partial charge in [0.2, 0.25) is 0 Å². The van der Waals surface area contributed by atoms with Crippen molar-refractivity contribution < 1.29 is 0 Å². The second-order valence-electron chi connectivity index (χ2n) is 5.02. The first kappa shape index (κ1) is 14.1. The topological polar surface area (TPSA) is 12.0 Å². The van der Waals surface area contributed by atoms with Gasteiger partial charge in [0.15, 0.2) is 0 Å². The van der Waals surface area contributed by atoms with Crippen molar-refractivity contribution in [3.63, 3.8) is 0 Å². The van der Waals surface area contributed by atoms with Crippen molar-refractivity contribution in [1.29, 1.82) is 0 Å². The summed E-state index contributed by atoms with van der Waals surface area (Å²) in [6.07, 6.45) is 0. The molecule has 1 unspecified atom stereocenters. The molecule has 19 heavy (non-hydrogen) atoms. The summed E-state index contributed by atoms with van der Waals surface area (Å²) in [5.41, 5.74) is 3.93. The van der Waals surface area contributed by atoms with E-state index in [2.05, 4.69) is 62.5 Å². The lowest BCUT2D eigenvalue weighted by atomic mass is 10.0. The number of hydrogen-bond donors (Lipinski definition) is 1. The van der Waals surface area contributed by atoms with E-state index >= 15 is 0 Å². The molecule has 0 heterocycles. The normalized spacial score (nSPS) is 14.1. The fourth-order valence-corrected chi connectivity index (χ4v) is 2.51. The van der Waals surface area contributed by atoms with Crippen molar-refractivity contribution in [2.24, 2.45) is 0 Å². The van der Waals surface area contributed by atoms with Gasteiger partial charge in [-0.15, -0.1) is 0 Å². The fourth-order valence-electron chi connectivity index (χ4n) is 2.39. The van der Waals surface area contributed by atoms with Crippen LogP contribution in [0.15, 0.2) is 48.5 Å². The molecule has 0 spiro atoms. The molecule has 2 atom stereocenters. The summed E-state index contributed by atoms with van der Waals surface area (Å²) in [6.45, 7) is 6.53. The first-order valence-electron chi connectivity index (χ1n) is 6.65. The quantitative estimate of drug-likeness (QED) is 0.821. The van der Waals surface area contributed by atoms with Gasteiger partial charge in [-0.3, -0.25) is 0 Å². The molecule has 2 rings (SSSR count). The molecule has 0 aliphatic heterocycles. The number of halogens is 1. The molecule has 0 radical (unpaired) electrons. The van der Waals surface area contributed by atoms with Gasteiger partial charge in [-0.1, -0.05) is 48.0 Å². The highest BCUT2D eigenvalue weighted by Crippen LogP contribution is 2.22. The Balaban J connectivity index is 2.08. The number of nitrogens with one attached hydrogen (secondary N) is 1. The zero-order valence-corrected chi connectivity index (χ0v) is 12.4. The van der Waals surface area contributed by atoms with E-state index in [1.807, 2.05) is 12.1 Å². The van der Waals surface area contributed by atoms with Crippen LogP contribution in [-0.2, 0) is 0 Å². The number of rotatable bonds is 4. The molecular formula is C17H20ClN. The van der Waals surface area contributed by atoms with Crippen LogP contribution >= 0.6 is 11.6 Å². The minimum Gasteiger partial charge on any atom is -0.304 e. The predicted octanol–water partition coefficient (Wildman–Crippen LogP) is 5.06. The van der Waals surface area contributed by atoms with Gasteiger partial charge in [-0.25, -0.2) is 0 Å². The van der Waals surface area contributed by atoms with E-state index in [0.29, 0.717) is 12.1 Å². The van der Waals surface area contributed by atoms with Crippen molar-refractivity contribution in [2.75, 3.05) is 0 Å². The average molecular weight is 274 g/mol. The van der Waals surface area contributed by atoms with Gasteiger partial charge >= 0.3 is 0 Å². The maximum Gasteiger partial charge on any atom is 0.0406 e. The van der Waals surface area contributed by atoms with E-state index in [1.165, 1.54) is 16.7 Å². The summed E-state index contributed by atoms with van der Waals surface area (Å²) in [6, 6.07) is 17.2. The molecule has 0 amide bonds. The van der Waals surface area contributed by atoms with Crippen LogP contribution in [0, 0.1) is 6.92 Å². The molecule has 0 bridgehead atoms. The highest BCUT2D eigenvalue weighted by atomic mass is 35.5. The SMILES string of the molecule is Cc1ccccc1C(C)N[C@@H](C)c1ccc(Cl)cc1. The van der Waals surface area contributed by atoms with E-state index in [-0.39, 0.29) is 0 Å². The third-order valence-corrected chi connectivity index (χ3v) is 3.78. The third-order valence-electron chi connectivity index (χ3n) is 3.52. The van der Waals surface area contributed by atoms with Crippen LogP contribution in [0.25, 0.3) is 0 Å². The molecule has 2 heteroatoms. The first-order valence-corrected chi connectivity index (χ1v) is 7.03. The summed E-state index contributed by atoms with van der Waals surface area (Å²) in [5.74, 6) is 0. The lowest BCUT2D eigenvalue weighted by Crippen LogP contribution is -2.23. The van der Waals surface area contributed by atoms with Gasteiger partial charge in [-0.05, 0) is 49.6 Å². The molecule has 100 valence electrons. The second-order valence-corrected chi connectivity index (χ2v) is 5.45. The van der Waals surface area contributed by atoms with Crippen molar-refractivity contribution in [2.45, 2.75) is 32.9 Å². The molecule has 2 aromatic rings. The van der Waals surface area contributed by atoms with Crippen LogP contribution in [0.2, 0.25) is 5.02 Å². The van der Waals surface area contributed by atoms with Crippen LogP contribution < -0.4 is 5.32 Å². The Kier molecular flexibility index (Phi) is 4.62. The molecule has 0 aliphatic carbocycles. The molecule has 2 aromatic carbocycles. The summed E-state index contributed by atoms with van der Waals surface area (Å²) in [7, 11) is 0. The molecule has 0 aromatic heterocycles. The van der Waals surface area contributed by atoms with Gasteiger partial charge in [-0.2, -0.15) is 0 Å². The van der Waals surface area contributed by atoms with E-state index in [1.54, 1.807) is 0 Å². The first-order chi connectivity index (χ1) is 9.08. The highest BCUT2D eigenvalue weighted by molar-refractivity contribution is 6.30. The third kappa shape index (κ3) is 3.59. The predicted molar refractivity (Wildman–Crippen MR) is 82.6 cm³/mol.